The van der Waals surface area contributed by atoms with E-state index < -0.39 is 5.97 Å². The van der Waals surface area contributed by atoms with Gasteiger partial charge in [-0.2, -0.15) is 0 Å². The summed E-state index contributed by atoms with van der Waals surface area (Å²) in [5, 5.41) is 9.62. The zero-order valence-corrected chi connectivity index (χ0v) is 9.70. The van der Waals surface area contributed by atoms with Crippen molar-refractivity contribution in [3.8, 4) is 29.4 Å². The summed E-state index contributed by atoms with van der Waals surface area (Å²) in [6.45, 7) is 1.70. The standard InChI is InChI=1S/C14H12O3/c1-3-4-5-6-8-11-9-7-10-12(15)13(11)14(16)17-2/h7,9-10,15H,8H2,1-2H3. The van der Waals surface area contributed by atoms with Crippen molar-refractivity contribution in [3.05, 3.63) is 29.3 Å². The van der Waals surface area contributed by atoms with Gasteiger partial charge in [-0.3, -0.25) is 0 Å². The molecule has 0 aliphatic carbocycles. The molecular weight excluding hydrogens is 216 g/mol. The topological polar surface area (TPSA) is 46.5 Å². The molecule has 0 radical (unpaired) electrons. The zero-order valence-electron chi connectivity index (χ0n) is 9.70. The van der Waals surface area contributed by atoms with Crippen molar-refractivity contribution in [1.82, 2.24) is 0 Å². The molecule has 0 atom stereocenters. The highest BCUT2D eigenvalue weighted by Gasteiger charge is 2.15. The van der Waals surface area contributed by atoms with Gasteiger partial charge in [0.25, 0.3) is 0 Å². The second kappa shape index (κ2) is 6.25. The number of hydrogen-bond donors (Lipinski definition) is 1. The third-order valence-electron chi connectivity index (χ3n) is 2.07. The molecular formula is C14H12O3. The molecule has 0 aliphatic rings. The number of carbonyl (C=O) groups excluding carboxylic acids is 1. The van der Waals surface area contributed by atoms with E-state index in [1.165, 1.54) is 13.2 Å². The van der Waals surface area contributed by atoms with Crippen LogP contribution in [0.4, 0.5) is 0 Å². The highest BCUT2D eigenvalue weighted by atomic mass is 16.5. The fraction of sp³-hybridized carbons (Fsp3) is 0.214. The summed E-state index contributed by atoms with van der Waals surface area (Å²) < 4.78 is 4.61. The van der Waals surface area contributed by atoms with Crippen molar-refractivity contribution in [3.63, 3.8) is 0 Å². The first-order chi connectivity index (χ1) is 8.20. The Hall–Kier alpha value is -2.39. The Morgan fingerprint density at radius 3 is 2.82 bits per heavy atom. The number of phenols is 1. The maximum absolute atomic E-state index is 11.5. The molecule has 0 heterocycles. The molecule has 17 heavy (non-hydrogen) atoms. The van der Waals surface area contributed by atoms with Crippen LogP contribution in [0.25, 0.3) is 0 Å². The highest BCUT2D eigenvalue weighted by molar-refractivity contribution is 5.94. The van der Waals surface area contributed by atoms with Gasteiger partial charge in [0, 0.05) is 6.42 Å². The fourth-order valence-corrected chi connectivity index (χ4v) is 1.32. The van der Waals surface area contributed by atoms with Crippen LogP contribution in [-0.4, -0.2) is 18.2 Å². The van der Waals surface area contributed by atoms with Crippen LogP contribution >= 0.6 is 0 Å². The molecule has 0 bridgehead atoms. The lowest BCUT2D eigenvalue weighted by Crippen LogP contribution is -2.05. The van der Waals surface area contributed by atoms with E-state index in [9.17, 15) is 9.90 Å². The van der Waals surface area contributed by atoms with E-state index in [0.717, 1.165) is 0 Å². The summed E-state index contributed by atoms with van der Waals surface area (Å²) in [5.41, 5.74) is 0.788. The number of esters is 1. The van der Waals surface area contributed by atoms with Crippen molar-refractivity contribution in [1.29, 1.82) is 0 Å². The Morgan fingerprint density at radius 2 is 2.18 bits per heavy atom. The first-order valence-electron chi connectivity index (χ1n) is 4.99. The molecule has 0 saturated heterocycles. The minimum Gasteiger partial charge on any atom is -0.507 e. The molecule has 1 aromatic rings. The second-order valence-electron chi connectivity index (χ2n) is 3.16. The molecule has 1 aromatic carbocycles. The Balaban J connectivity index is 3.07. The lowest BCUT2D eigenvalue weighted by atomic mass is 10.0. The molecule has 1 rings (SSSR count). The minimum absolute atomic E-state index is 0.0993. The smallest absolute Gasteiger partial charge is 0.341 e. The molecule has 0 saturated carbocycles. The molecule has 0 aromatic heterocycles. The number of benzene rings is 1. The molecule has 0 aliphatic heterocycles. The van der Waals surface area contributed by atoms with Gasteiger partial charge < -0.3 is 9.84 Å². The third-order valence-corrected chi connectivity index (χ3v) is 2.07. The van der Waals surface area contributed by atoms with Crippen molar-refractivity contribution < 1.29 is 14.6 Å². The zero-order chi connectivity index (χ0) is 12.7. The molecule has 3 heteroatoms. The van der Waals surface area contributed by atoms with Crippen LogP contribution in [0.15, 0.2) is 18.2 Å². The number of carbonyl (C=O) groups is 1. The summed E-state index contributed by atoms with van der Waals surface area (Å²) in [7, 11) is 1.27. The van der Waals surface area contributed by atoms with E-state index in [1.807, 2.05) is 0 Å². The first-order valence-corrected chi connectivity index (χ1v) is 4.99. The van der Waals surface area contributed by atoms with E-state index in [-0.39, 0.29) is 11.3 Å². The SMILES string of the molecule is CC#CC#CCc1cccc(O)c1C(=O)OC. The van der Waals surface area contributed by atoms with E-state index in [0.29, 0.717) is 12.0 Å². The van der Waals surface area contributed by atoms with Crippen LogP contribution < -0.4 is 0 Å². The maximum atomic E-state index is 11.5. The van der Waals surface area contributed by atoms with Gasteiger partial charge >= 0.3 is 5.97 Å². The van der Waals surface area contributed by atoms with E-state index in [1.54, 1.807) is 19.1 Å². The molecule has 0 fully saturated rings. The quantitative estimate of drug-likeness (QED) is 0.619. The minimum atomic E-state index is -0.568. The van der Waals surface area contributed by atoms with E-state index >= 15 is 0 Å². The van der Waals surface area contributed by atoms with Crippen LogP contribution in [0.1, 0.15) is 22.8 Å². The van der Waals surface area contributed by atoms with Crippen LogP contribution in [0.3, 0.4) is 0 Å². The van der Waals surface area contributed by atoms with Crippen LogP contribution in [0.2, 0.25) is 0 Å². The van der Waals surface area contributed by atoms with E-state index in [4.69, 9.17) is 0 Å². The van der Waals surface area contributed by atoms with Gasteiger partial charge in [0.1, 0.15) is 11.3 Å². The van der Waals surface area contributed by atoms with Gasteiger partial charge in [-0.25, -0.2) is 4.79 Å². The van der Waals surface area contributed by atoms with Gasteiger partial charge in [-0.05, 0) is 30.4 Å². The summed E-state index contributed by atoms with van der Waals surface area (Å²) in [5.74, 6) is 10.0. The van der Waals surface area contributed by atoms with Gasteiger partial charge in [0.05, 0.1) is 7.11 Å². The monoisotopic (exact) mass is 228 g/mol. The largest absolute Gasteiger partial charge is 0.507 e. The number of rotatable bonds is 2. The van der Waals surface area contributed by atoms with E-state index in [2.05, 4.69) is 28.4 Å². The Morgan fingerprint density at radius 1 is 1.41 bits per heavy atom. The Labute approximate surface area is 100 Å². The van der Waals surface area contributed by atoms with Gasteiger partial charge in [0.2, 0.25) is 0 Å². The number of hydrogen-bond acceptors (Lipinski definition) is 3. The number of phenolic OH excluding ortho intramolecular Hbond substituents is 1. The highest BCUT2D eigenvalue weighted by Crippen LogP contribution is 2.22. The van der Waals surface area contributed by atoms with Crippen molar-refractivity contribution >= 4 is 5.97 Å². The number of ether oxygens (including phenoxy) is 1. The number of aromatic hydroxyl groups is 1. The molecule has 0 amide bonds. The summed E-state index contributed by atoms with van der Waals surface area (Å²) in [6, 6.07) is 4.82. The Kier molecular flexibility index (Phi) is 4.66. The predicted molar refractivity (Wildman–Crippen MR) is 64.4 cm³/mol. The molecule has 86 valence electrons. The normalized spacial score (nSPS) is 8.35. The first kappa shape index (κ1) is 12.7. The molecule has 0 unspecified atom stereocenters. The van der Waals surface area contributed by atoms with Gasteiger partial charge in [-0.1, -0.05) is 24.0 Å². The molecule has 1 N–H and O–H groups in total. The van der Waals surface area contributed by atoms with Crippen LogP contribution in [0.5, 0.6) is 5.75 Å². The lowest BCUT2D eigenvalue weighted by Gasteiger charge is -2.06. The maximum Gasteiger partial charge on any atom is 0.341 e. The third kappa shape index (κ3) is 3.29. The summed E-state index contributed by atoms with van der Waals surface area (Å²) in [4.78, 5) is 11.5. The van der Waals surface area contributed by atoms with Crippen LogP contribution in [-0.2, 0) is 11.2 Å². The Bertz CT molecular complexity index is 536. The van der Waals surface area contributed by atoms with Crippen molar-refractivity contribution in [2.75, 3.05) is 7.11 Å². The van der Waals surface area contributed by atoms with Crippen LogP contribution in [0, 0.1) is 23.7 Å². The van der Waals surface area contributed by atoms with Crippen molar-refractivity contribution in [2.24, 2.45) is 0 Å². The second-order valence-corrected chi connectivity index (χ2v) is 3.16. The fourth-order valence-electron chi connectivity index (χ4n) is 1.32. The summed E-state index contributed by atoms with van der Waals surface area (Å²) >= 11 is 0. The average molecular weight is 228 g/mol. The van der Waals surface area contributed by atoms with Gasteiger partial charge in [0.15, 0.2) is 0 Å². The lowest BCUT2D eigenvalue weighted by molar-refractivity contribution is 0.0596. The molecule has 3 nitrogen and oxygen atoms in total. The number of methoxy groups -OCH3 is 1. The summed E-state index contributed by atoms with van der Waals surface area (Å²) in [6.07, 6.45) is 0.341. The van der Waals surface area contributed by atoms with Gasteiger partial charge in [-0.15, -0.1) is 0 Å². The molecule has 0 spiro atoms. The average Bonchev–Trinajstić information content (AvgIpc) is 2.34. The predicted octanol–water partition coefficient (Wildman–Crippen LogP) is 1.75. The van der Waals surface area contributed by atoms with Crippen molar-refractivity contribution in [2.45, 2.75) is 13.3 Å².